The number of fused-ring (bicyclic) bond motifs is 1. The molecule has 2 nitrogen and oxygen atoms in total. The van der Waals surface area contributed by atoms with Crippen molar-refractivity contribution in [2.45, 2.75) is 19.3 Å². The fraction of sp³-hybridized carbons (Fsp3) is 0.333. The van der Waals surface area contributed by atoms with Crippen molar-refractivity contribution in [1.82, 2.24) is 0 Å². The standard InChI is InChI=1S/C18H12Br4N2/c19-13-7-11-6-12(10-4-2-1-3-5-10)18(8-23,9-24)14(11)16(21)17(22)15(13)20/h1-7,13-17H. The number of nitrogens with zero attached hydrogens (tertiary/aromatic N) is 2. The molecule has 0 fully saturated rings. The van der Waals surface area contributed by atoms with Crippen LogP contribution in [-0.4, -0.2) is 19.3 Å². The summed E-state index contributed by atoms with van der Waals surface area (Å²) in [6.07, 6.45) is 4.12. The van der Waals surface area contributed by atoms with E-state index in [0.29, 0.717) is 0 Å². The zero-order valence-electron chi connectivity index (χ0n) is 12.3. The lowest BCUT2D eigenvalue weighted by atomic mass is 9.71. The van der Waals surface area contributed by atoms with E-state index in [2.05, 4.69) is 81.9 Å². The second kappa shape index (κ2) is 7.08. The first-order valence-electron chi connectivity index (χ1n) is 7.34. The summed E-state index contributed by atoms with van der Waals surface area (Å²) in [5.74, 6) is -0.241. The van der Waals surface area contributed by atoms with E-state index in [9.17, 15) is 10.5 Å². The molecule has 0 aromatic heterocycles. The Morgan fingerprint density at radius 3 is 2.08 bits per heavy atom. The highest BCUT2D eigenvalue weighted by molar-refractivity contribution is 9.14. The van der Waals surface area contributed by atoms with Gasteiger partial charge in [-0.3, -0.25) is 0 Å². The number of nitriles is 2. The quantitative estimate of drug-likeness (QED) is 0.402. The Morgan fingerprint density at radius 2 is 1.50 bits per heavy atom. The maximum absolute atomic E-state index is 10.0. The second-order valence-corrected chi connectivity index (χ2v) is 10.1. The van der Waals surface area contributed by atoms with Gasteiger partial charge in [-0.1, -0.05) is 106 Å². The Kier molecular flexibility index (Phi) is 5.42. The van der Waals surface area contributed by atoms with E-state index in [1.807, 2.05) is 36.4 Å². The Bertz CT molecular complexity index is 773. The first-order chi connectivity index (χ1) is 11.5. The van der Waals surface area contributed by atoms with Gasteiger partial charge in [-0.25, -0.2) is 0 Å². The van der Waals surface area contributed by atoms with Crippen LogP contribution in [0.15, 0.2) is 48.1 Å². The van der Waals surface area contributed by atoms with Crippen molar-refractivity contribution in [3.05, 3.63) is 53.6 Å². The molecule has 0 saturated carbocycles. The molecule has 2 aliphatic rings. The van der Waals surface area contributed by atoms with Crippen molar-refractivity contribution >= 4 is 69.3 Å². The molecular weight excluding hydrogens is 564 g/mol. The Morgan fingerprint density at radius 1 is 0.875 bits per heavy atom. The van der Waals surface area contributed by atoms with Crippen molar-refractivity contribution in [3.63, 3.8) is 0 Å². The van der Waals surface area contributed by atoms with E-state index in [1.165, 1.54) is 0 Å². The van der Waals surface area contributed by atoms with Gasteiger partial charge in [0.15, 0.2) is 5.41 Å². The Labute approximate surface area is 175 Å². The van der Waals surface area contributed by atoms with Crippen LogP contribution >= 0.6 is 63.7 Å². The smallest absolute Gasteiger partial charge is 0.177 e. The van der Waals surface area contributed by atoms with Crippen molar-refractivity contribution in [1.29, 1.82) is 10.5 Å². The van der Waals surface area contributed by atoms with Gasteiger partial charge in [0, 0.05) is 25.2 Å². The van der Waals surface area contributed by atoms with Gasteiger partial charge in [0.2, 0.25) is 0 Å². The predicted octanol–water partition coefficient (Wildman–Crippen LogP) is 5.73. The molecule has 0 radical (unpaired) electrons. The summed E-state index contributed by atoms with van der Waals surface area (Å²) < 4.78 is 0. The summed E-state index contributed by atoms with van der Waals surface area (Å²) in [6.45, 7) is 0. The van der Waals surface area contributed by atoms with Gasteiger partial charge in [0.05, 0.1) is 12.1 Å². The molecule has 5 unspecified atom stereocenters. The molecule has 0 amide bonds. The number of benzene rings is 1. The fourth-order valence-corrected chi connectivity index (χ4v) is 6.99. The summed E-state index contributed by atoms with van der Waals surface area (Å²) in [5.41, 5.74) is 1.51. The van der Waals surface area contributed by atoms with Crippen LogP contribution in [0, 0.1) is 34.0 Å². The van der Waals surface area contributed by atoms with Gasteiger partial charge in [0.1, 0.15) is 0 Å². The van der Waals surface area contributed by atoms with Crippen molar-refractivity contribution in [2.24, 2.45) is 11.3 Å². The minimum atomic E-state index is -1.21. The van der Waals surface area contributed by atoms with E-state index >= 15 is 0 Å². The number of hydrogen-bond donors (Lipinski definition) is 0. The molecule has 0 saturated heterocycles. The molecule has 2 aliphatic carbocycles. The Balaban J connectivity index is 2.23. The largest absolute Gasteiger partial charge is 0.196 e. The van der Waals surface area contributed by atoms with Crippen LogP contribution in [0.2, 0.25) is 0 Å². The summed E-state index contributed by atoms with van der Waals surface area (Å²) in [5, 5.41) is 20.0. The maximum atomic E-state index is 10.0. The molecule has 122 valence electrons. The normalized spacial score (nSPS) is 34.2. The molecule has 0 bridgehead atoms. The first-order valence-corrected chi connectivity index (χ1v) is 11.0. The van der Waals surface area contributed by atoms with Crippen LogP contribution in [-0.2, 0) is 0 Å². The SMILES string of the molecule is N#CC1(C#N)C(c2ccccc2)=CC2=CC(Br)C(Br)C(Br)C(Br)C21. The molecular formula is C18H12Br4N2. The maximum Gasteiger partial charge on any atom is 0.177 e. The number of rotatable bonds is 1. The van der Waals surface area contributed by atoms with E-state index in [1.54, 1.807) is 0 Å². The summed E-state index contributed by atoms with van der Waals surface area (Å²) in [4.78, 5) is 0.240. The van der Waals surface area contributed by atoms with Crippen molar-refractivity contribution in [2.75, 3.05) is 0 Å². The highest BCUT2D eigenvalue weighted by atomic mass is 79.9. The molecule has 1 aromatic rings. The molecule has 6 heteroatoms. The highest BCUT2D eigenvalue weighted by Gasteiger charge is 2.55. The third-order valence-electron chi connectivity index (χ3n) is 4.58. The summed E-state index contributed by atoms with van der Waals surface area (Å²) >= 11 is 14.9. The molecule has 0 N–H and O–H groups in total. The van der Waals surface area contributed by atoms with Crippen LogP contribution < -0.4 is 0 Å². The number of alkyl halides is 4. The highest BCUT2D eigenvalue weighted by Crippen LogP contribution is 2.56. The van der Waals surface area contributed by atoms with Gasteiger partial charge < -0.3 is 0 Å². The summed E-state index contributed by atoms with van der Waals surface area (Å²) in [6, 6.07) is 14.4. The van der Waals surface area contributed by atoms with Crippen molar-refractivity contribution in [3.8, 4) is 12.1 Å². The van der Waals surface area contributed by atoms with Gasteiger partial charge in [0.25, 0.3) is 0 Å². The zero-order chi connectivity index (χ0) is 17.5. The fourth-order valence-electron chi connectivity index (χ4n) is 3.39. The van der Waals surface area contributed by atoms with Crippen LogP contribution in [0.1, 0.15) is 5.56 Å². The van der Waals surface area contributed by atoms with E-state index < -0.39 is 5.41 Å². The number of hydrogen-bond acceptors (Lipinski definition) is 2. The molecule has 5 atom stereocenters. The predicted molar refractivity (Wildman–Crippen MR) is 111 cm³/mol. The lowest BCUT2D eigenvalue weighted by Crippen LogP contribution is -2.39. The second-order valence-electron chi connectivity index (χ2n) is 5.88. The van der Waals surface area contributed by atoms with Crippen LogP contribution in [0.4, 0.5) is 0 Å². The van der Waals surface area contributed by atoms with E-state index in [-0.39, 0.29) is 25.2 Å². The molecule has 0 spiro atoms. The average Bonchev–Trinajstić information content (AvgIpc) is 2.90. The van der Waals surface area contributed by atoms with E-state index in [0.717, 1.165) is 16.7 Å². The first kappa shape index (κ1) is 18.4. The summed E-state index contributed by atoms with van der Waals surface area (Å²) in [7, 11) is 0. The number of halogens is 4. The third-order valence-corrected chi connectivity index (χ3v) is 10.9. The molecule has 1 aromatic carbocycles. The molecule has 0 heterocycles. The minimum absolute atomic E-state index is 0.0604. The zero-order valence-corrected chi connectivity index (χ0v) is 18.7. The lowest BCUT2D eigenvalue weighted by Gasteiger charge is -2.32. The molecule has 24 heavy (non-hydrogen) atoms. The van der Waals surface area contributed by atoms with Gasteiger partial charge in [-0.2, -0.15) is 10.5 Å². The number of allylic oxidation sites excluding steroid dienone is 4. The topological polar surface area (TPSA) is 47.6 Å². The van der Waals surface area contributed by atoms with Crippen molar-refractivity contribution < 1.29 is 0 Å². The Hall–Kier alpha value is -0.400. The van der Waals surface area contributed by atoms with Crippen LogP contribution in [0.3, 0.4) is 0 Å². The van der Waals surface area contributed by atoms with Gasteiger partial charge in [-0.15, -0.1) is 0 Å². The average molecular weight is 576 g/mol. The van der Waals surface area contributed by atoms with Crippen LogP contribution in [0.25, 0.3) is 5.57 Å². The van der Waals surface area contributed by atoms with E-state index in [4.69, 9.17) is 0 Å². The van der Waals surface area contributed by atoms with Crippen LogP contribution in [0.5, 0.6) is 0 Å². The molecule has 3 rings (SSSR count). The minimum Gasteiger partial charge on any atom is -0.196 e. The monoisotopic (exact) mass is 572 g/mol. The lowest BCUT2D eigenvalue weighted by molar-refractivity contribution is 0.467. The van der Waals surface area contributed by atoms with Gasteiger partial charge >= 0.3 is 0 Å². The van der Waals surface area contributed by atoms with Gasteiger partial charge in [-0.05, 0) is 16.7 Å². The third kappa shape index (κ3) is 2.76. The molecule has 0 aliphatic heterocycles.